The average molecular weight is 407 g/mol. The lowest BCUT2D eigenvalue weighted by molar-refractivity contribution is -0.144. The Bertz CT molecular complexity index is 942. The third-order valence-electron chi connectivity index (χ3n) is 3.93. The van der Waals surface area contributed by atoms with E-state index in [2.05, 4.69) is 15.9 Å². The van der Waals surface area contributed by atoms with E-state index in [1.807, 2.05) is 0 Å². The Labute approximate surface area is 141 Å². The molecule has 9 heteroatoms. The molecule has 1 aliphatic carbocycles. The summed E-state index contributed by atoms with van der Waals surface area (Å²) in [6.45, 7) is 0. The van der Waals surface area contributed by atoms with Gasteiger partial charge in [0.2, 0.25) is 0 Å². The average Bonchev–Trinajstić information content (AvgIpc) is 3.28. The van der Waals surface area contributed by atoms with Crippen LogP contribution >= 0.6 is 15.9 Å². The fourth-order valence-electron chi connectivity index (χ4n) is 2.55. The molecule has 128 valence electrons. The van der Waals surface area contributed by atoms with Crippen LogP contribution in [0.1, 0.15) is 30.0 Å². The second kappa shape index (κ2) is 5.58. The molecule has 0 bridgehead atoms. The number of aromatic nitrogens is 2. The normalized spacial score (nSPS) is 14.9. The molecule has 2 aromatic rings. The number of benzene rings is 1. The molecule has 0 aliphatic heterocycles. The second-order valence-electron chi connectivity index (χ2n) is 5.64. The molecule has 0 N–H and O–H groups in total. The first-order valence-corrected chi connectivity index (χ1v) is 7.80. The van der Waals surface area contributed by atoms with Gasteiger partial charge in [0.25, 0.3) is 5.56 Å². The lowest BCUT2D eigenvalue weighted by Crippen LogP contribution is -2.41. The van der Waals surface area contributed by atoms with Crippen molar-refractivity contribution in [2.45, 2.75) is 24.9 Å². The molecule has 0 unspecified atom stereocenters. The van der Waals surface area contributed by atoms with Gasteiger partial charge >= 0.3 is 11.9 Å². The van der Waals surface area contributed by atoms with Crippen molar-refractivity contribution in [2.24, 2.45) is 7.05 Å². The summed E-state index contributed by atoms with van der Waals surface area (Å²) in [5.74, 6) is -0.682. The van der Waals surface area contributed by atoms with Gasteiger partial charge in [-0.25, -0.2) is 13.8 Å². The van der Waals surface area contributed by atoms with E-state index < -0.39 is 28.9 Å². The predicted octanol–water partition coefficient (Wildman–Crippen LogP) is 3.33. The summed E-state index contributed by atoms with van der Waals surface area (Å²) in [7, 11) is 0.889. The molecule has 3 rings (SSSR count). The van der Waals surface area contributed by atoms with Gasteiger partial charge < -0.3 is 0 Å². The third kappa shape index (κ3) is 2.81. The van der Waals surface area contributed by atoms with Gasteiger partial charge in [-0.2, -0.15) is 13.2 Å². The zero-order chi connectivity index (χ0) is 17.8. The number of hydrogen-bond acceptors (Lipinski definition) is 2. The lowest BCUT2D eigenvalue weighted by atomic mass is 10.1. The van der Waals surface area contributed by atoms with E-state index in [1.165, 1.54) is 6.07 Å². The van der Waals surface area contributed by atoms with E-state index in [-0.39, 0.29) is 11.6 Å². The van der Waals surface area contributed by atoms with E-state index >= 15 is 0 Å². The van der Waals surface area contributed by atoms with E-state index in [0.29, 0.717) is 19.7 Å². The Hall–Kier alpha value is -1.90. The minimum Gasteiger partial charge on any atom is -0.292 e. The Balaban J connectivity index is 2.28. The van der Waals surface area contributed by atoms with Crippen molar-refractivity contribution in [1.82, 2.24) is 9.13 Å². The van der Waals surface area contributed by atoms with Gasteiger partial charge in [0.15, 0.2) is 0 Å². The van der Waals surface area contributed by atoms with Crippen LogP contribution in [-0.2, 0) is 13.2 Å². The summed E-state index contributed by atoms with van der Waals surface area (Å²) < 4.78 is 54.1. The van der Waals surface area contributed by atoms with Crippen LogP contribution in [0.4, 0.5) is 17.6 Å². The molecule has 4 nitrogen and oxygen atoms in total. The minimum absolute atomic E-state index is 0.188. The van der Waals surface area contributed by atoms with Crippen molar-refractivity contribution >= 4 is 15.9 Å². The summed E-state index contributed by atoms with van der Waals surface area (Å²) in [5, 5.41) is 0. The van der Waals surface area contributed by atoms with Gasteiger partial charge in [-0.05, 0) is 36.5 Å². The van der Waals surface area contributed by atoms with Crippen LogP contribution in [0.2, 0.25) is 0 Å². The summed E-state index contributed by atoms with van der Waals surface area (Å²) in [6.07, 6.45) is -3.07. The van der Waals surface area contributed by atoms with Crippen LogP contribution in [0.5, 0.6) is 0 Å². The zero-order valence-electron chi connectivity index (χ0n) is 12.3. The molecular weight excluding hydrogens is 396 g/mol. The maximum atomic E-state index is 14.3. The monoisotopic (exact) mass is 406 g/mol. The molecule has 1 saturated carbocycles. The summed E-state index contributed by atoms with van der Waals surface area (Å²) in [5.41, 5.74) is -3.49. The molecule has 0 atom stereocenters. The standard InChI is InChI=1S/C15H11BrF4N2O2/c1-21-12(15(18,19)20)6-13(23)22(14(21)24)11-4-8(7-2-3-7)9(16)5-10(11)17/h4-7H,2-3H2,1H3. The highest BCUT2D eigenvalue weighted by atomic mass is 79.9. The third-order valence-corrected chi connectivity index (χ3v) is 4.62. The van der Waals surface area contributed by atoms with Gasteiger partial charge in [-0.15, -0.1) is 0 Å². The Morgan fingerprint density at radius 1 is 1.17 bits per heavy atom. The summed E-state index contributed by atoms with van der Waals surface area (Å²) in [6, 6.07) is 2.75. The summed E-state index contributed by atoms with van der Waals surface area (Å²) >= 11 is 3.22. The van der Waals surface area contributed by atoms with E-state index in [0.717, 1.165) is 31.5 Å². The zero-order valence-corrected chi connectivity index (χ0v) is 13.9. The second-order valence-corrected chi connectivity index (χ2v) is 6.50. The number of alkyl halides is 3. The quantitative estimate of drug-likeness (QED) is 0.718. The van der Waals surface area contributed by atoms with Crippen molar-refractivity contribution < 1.29 is 17.6 Å². The van der Waals surface area contributed by atoms with Crippen molar-refractivity contribution in [1.29, 1.82) is 0 Å². The lowest BCUT2D eigenvalue weighted by Gasteiger charge is -2.15. The Kier molecular flexibility index (Phi) is 3.94. The van der Waals surface area contributed by atoms with Crippen molar-refractivity contribution in [3.05, 3.63) is 60.6 Å². The molecule has 1 aliphatic rings. The first kappa shape index (κ1) is 16.9. The van der Waals surface area contributed by atoms with Crippen LogP contribution < -0.4 is 11.2 Å². The van der Waals surface area contributed by atoms with E-state index in [4.69, 9.17) is 0 Å². The van der Waals surface area contributed by atoms with Crippen molar-refractivity contribution in [2.75, 3.05) is 0 Å². The summed E-state index contributed by atoms with van der Waals surface area (Å²) in [4.78, 5) is 24.3. The number of hydrogen-bond donors (Lipinski definition) is 0. The molecule has 24 heavy (non-hydrogen) atoms. The smallest absolute Gasteiger partial charge is 0.292 e. The van der Waals surface area contributed by atoms with Gasteiger partial charge in [0, 0.05) is 17.6 Å². The largest absolute Gasteiger partial charge is 0.431 e. The van der Waals surface area contributed by atoms with Gasteiger partial charge in [-0.3, -0.25) is 9.36 Å². The van der Waals surface area contributed by atoms with Gasteiger partial charge in [0.05, 0.1) is 5.69 Å². The highest BCUT2D eigenvalue weighted by molar-refractivity contribution is 9.10. The van der Waals surface area contributed by atoms with E-state index in [1.54, 1.807) is 0 Å². The van der Waals surface area contributed by atoms with E-state index in [9.17, 15) is 27.2 Å². The van der Waals surface area contributed by atoms with Crippen molar-refractivity contribution in [3.63, 3.8) is 0 Å². The SMILES string of the molecule is Cn1c(C(F)(F)F)cc(=O)n(-c2cc(C3CC3)c(Br)cc2F)c1=O. The van der Waals surface area contributed by atoms with Crippen LogP contribution in [-0.4, -0.2) is 9.13 Å². The number of nitrogens with zero attached hydrogens (tertiary/aromatic N) is 2. The molecule has 0 radical (unpaired) electrons. The molecule has 0 saturated heterocycles. The molecular formula is C15H11BrF4N2O2. The van der Waals surface area contributed by atoms with Crippen LogP contribution in [0.25, 0.3) is 5.69 Å². The fraction of sp³-hybridized carbons (Fsp3) is 0.333. The Morgan fingerprint density at radius 2 is 1.79 bits per heavy atom. The molecule has 1 fully saturated rings. The molecule has 1 aromatic heterocycles. The molecule has 1 heterocycles. The van der Waals surface area contributed by atoms with Crippen LogP contribution in [0.15, 0.2) is 32.3 Å². The number of rotatable bonds is 2. The highest BCUT2D eigenvalue weighted by Gasteiger charge is 2.35. The Morgan fingerprint density at radius 3 is 2.33 bits per heavy atom. The maximum Gasteiger partial charge on any atom is 0.431 e. The fourth-order valence-corrected chi connectivity index (χ4v) is 3.19. The number of halogens is 5. The molecule has 0 spiro atoms. The highest BCUT2D eigenvalue weighted by Crippen LogP contribution is 2.44. The predicted molar refractivity (Wildman–Crippen MR) is 81.9 cm³/mol. The van der Waals surface area contributed by atoms with Crippen LogP contribution in [0.3, 0.4) is 0 Å². The van der Waals surface area contributed by atoms with Crippen LogP contribution in [0, 0.1) is 5.82 Å². The first-order valence-electron chi connectivity index (χ1n) is 7.01. The van der Waals surface area contributed by atoms with Gasteiger partial charge in [-0.1, -0.05) is 15.9 Å². The first-order chi connectivity index (χ1) is 11.1. The molecule has 1 aromatic carbocycles. The molecule has 0 amide bonds. The van der Waals surface area contributed by atoms with Gasteiger partial charge in [0.1, 0.15) is 11.5 Å². The maximum absolute atomic E-state index is 14.3. The topological polar surface area (TPSA) is 44.0 Å². The van der Waals surface area contributed by atoms with Crippen molar-refractivity contribution in [3.8, 4) is 5.69 Å². The minimum atomic E-state index is -4.86.